The van der Waals surface area contributed by atoms with Crippen molar-refractivity contribution >= 4 is 5.69 Å². The zero-order chi connectivity index (χ0) is 13.1. The fourth-order valence-electron chi connectivity index (χ4n) is 2.34. The summed E-state index contributed by atoms with van der Waals surface area (Å²) < 4.78 is 5.62. The third kappa shape index (κ3) is 2.63. The summed E-state index contributed by atoms with van der Waals surface area (Å²) in [5.41, 5.74) is 2.74. The smallest absolute Gasteiger partial charge is 0.101 e. The number of hydrogen-bond acceptors (Lipinski definition) is 4. The summed E-state index contributed by atoms with van der Waals surface area (Å²) in [5.74, 6) is 0. The molecule has 4 nitrogen and oxygen atoms in total. The van der Waals surface area contributed by atoms with E-state index in [-0.39, 0.29) is 18.8 Å². The van der Waals surface area contributed by atoms with Crippen LogP contribution in [0.4, 0.5) is 5.69 Å². The number of aryl methyl sites for hydroxylation is 1. The maximum absolute atomic E-state index is 9.24. The molecule has 0 aromatic heterocycles. The monoisotopic (exact) mass is 246 g/mol. The Hall–Kier alpha value is -1.57. The van der Waals surface area contributed by atoms with Crippen LogP contribution in [0.5, 0.6) is 0 Å². The Morgan fingerprint density at radius 2 is 2.28 bits per heavy atom. The predicted molar refractivity (Wildman–Crippen MR) is 69.5 cm³/mol. The fraction of sp³-hybridized carbons (Fsp3) is 0.500. The van der Waals surface area contributed by atoms with Crippen molar-refractivity contribution in [1.82, 2.24) is 0 Å². The SMILES string of the molecule is Cc1ccc(C#N)c(N2CC(C)OC(CO)C2)c1. The summed E-state index contributed by atoms with van der Waals surface area (Å²) in [6.45, 7) is 5.37. The van der Waals surface area contributed by atoms with Gasteiger partial charge >= 0.3 is 0 Å². The van der Waals surface area contributed by atoms with Gasteiger partial charge in [0.2, 0.25) is 0 Å². The molecule has 2 rings (SSSR count). The Labute approximate surface area is 107 Å². The topological polar surface area (TPSA) is 56.5 Å². The molecule has 1 aliphatic heterocycles. The number of nitrogens with zero attached hydrogens (tertiary/aromatic N) is 2. The van der Waals surface area contributed by atoms with Crippen molar-refractivity contribution in [1.29, 1.82) is 5.26 Å². The molecule has 4 heteroatoms. The number of aliphatic hydroxyl groups excluding tert-OH is 1. The van der Waals surface area contributed by atoms with Gasteiger partial charge < -0.3 is 14.7 Å². The lowest BCUT2D eigenvalue weighted by atomic mass is 10.1. The largest absolute Gasteiger partial charge is 0.394 e. The van der Waals surface area contributed by atoms with Crippen molar-refractivity contribution in [3.05, 3.63) is 29.3 Å². The van der Waals surface area contributed by atoms with Crippen LogP contribution in [0, 0.1) is 18.3 Å². The maximum Gasteiger partial charge on any atom is 0.101 e. The van der Waals surface area contributed by atoms with Crippen molar-refractivity contribution in [2.75, 3.05) is 24.6 Å². The van der Waals surface area contributed by atoms with Crippen LogP contribution in [-0.4, -0.2) is 37.0 Å². The van der Waals surface area contributed by atoms with E-state index in [9.17, 15) is 10.4 Å². The lowest BCUT2D eigenvalue weighted by Gasteiger charge is -2.38. The molecule has 0 radical (unpaired) electrons. The zero-order valence-electron chi connectivity index (χ0n) is 10.8. The second-order valence-electron chi connectivity index (χ2n) is 4.79. The van der Waals surface area contributed by atoms with E-state index in [4.69, 9.17) is 4.74 Å². The van der Waals surface area contributed by atoms with Gasteiger partial charge in [0.1, 0.15) is 6.07 Å². The molecule has 0 bridgehead atoms. The van der Waals surface area contributed by atoms with E-state index in [0.29, 0.717) is 12.1 Å². The van der Waals surface area contributed by atoms with Crippen molar-refractivity contribution in [3.8, 4) is 6.07 Å². The van der Waals surface area contributed by atoms with Gasteiger partial charge in [-0.25, -0.2) is 0 Å². The minimum Gasteiger partial charge on any atom is -0.394 e. The summed E-state index contributed by atoms with van der Waals surface area (Å²) in [7, 11) is 0. The fourth-order valence-corrected chi connectivity index (χ4v) is 2.34. The van der Waals surface area contributed by atoms with E-state index in [0.717, 1.165) is 17.8 Å². The van der Waals surface area contributed by atoms with Crippen LogP contribution in [0.15, 0.2) is 18.2 Å². The first kappa shape index (κ1) is 12.9. The molecule has 0 spiro atoms. The highest BCUT2D eigenvalue weighted by atomic mass is 16.5. The first-order valence-electron chi connectivity index (χ1n) is 6.16. The molecule has 0 saturated carbocycles. The van der Waals surface area contributed by atoms with Crippen LogP contribution >= 0.6 is 0 Å². The molecule has 1 N–H and O–H groups in total. The van der Waals surface area contributed by atoms with Gasteiger partial charge in [-0.05, 0) is 31.5 Å². The van der Waals surface area contributed by atoms with E-state index >= 15 is 0 Å². The number of rotatable bonds is 2. The molecular weight excluding hydrogens is 228 g/mol. The van der Waals surface area contributed by atoms with Crippen LogP contribution < -0.4 is 4.90 Å². The molecule has 0 aliphatic carbocycles. The molecule has 96 valence electrons. The highest BCUT2D eigenvalue weighted by Gasteiger charge is 2.26. The molecule has 1 heterocycles. The van der Waals surface area contributed by atoms with Crippen LogP contribution in [0.3, 0.4) is 0 Å². The number of aliphatic hydroxyl groups is 1. The van der Waals surface area contributed by atoms with Gasteiger partial charge in [0.15, 0.2) is 0 Å². The molecule has 2 unspecified atom stereocenters. The molecule has 1 aromatic carbocycles. The number of nitriles is 1. The second-order valence-corrected chi connectivity index (χ2v) is 4.79. The standard InChI is InChI=1S/C14H18N2O2/c1-10-3-4-12(6-15)14(5-10)16-7-11(2)18-13(8-16)9-17/h3-5,11,13,17H,7-9H2,1-2H3. The average molecular weight is 246 g/mol. The third-order valence-electron chi connectivity index (χ3n) is 3.14. The van der Waals surface area contributed by atoms with Crippen molar-refractivity contribution < 1.29 is 9.84 Å². The highest BCUT2D eigenvalue weighted by molar-refractivity contribution is 5.61. The first-order chi connectivity index (χ1) is 8.63. The van der Waals surface area contributed by atoms with Gasteiger partial charge in [-0.2, -0.15) is 5.26 Å². The quantitative estimate of drug-likeness (QED) is 0.858. The van der Waals surface area contributed by atoms with Crippen molar-refractivity contribution in [3.63, 3.8) is 0 Å². The van der Waals surface area contributed by atoms with Gasteiger partial charge in [-0.3, -0.25) is 0 Å². The minimum atomic E-state index is -0.180. The lowest BCUT2D eigenvalue weighted by Crippen LogP contribution is -2.48. The Morgan fingerprint density at radius 3 is 2.94 bits per heavy atom. The average Bonchev–Trinajstić information content (AvgIpc) is 2.38. The third-order valence-corrected chi connectivity index (χ3v) is 3.14. The summed E-state index contributed by atoms with van der Waals surface area (Å²) in [4.78, 5) is 2.13. The molecular formula is C14H18N2O2. The van der Waals surface area contributed by atoms with Crippen molar-refractivity contribution in [2.45, 2.75) is 26.1 Å². The van der Waals surface area contributed by atoms with E-state index < -0.39 is 0 Å². The van der Waals surface area contributed by atoms with Gasteiger partial charge in [0, 0.05) is 13.1 Å². The summed E-state index contributed by atoms with van der Waals surface area (Å²) in [6, 6.07) is 8.03. The normalized spacial score (nSPS) is 23.8. The molecule has 18 heavy (non-hydrogen) atoms. The van der Waals surface area contributed by atoms with Gasteiger partial charge in [-0.15, -0.1) is 0 Å². The minimum absolute atomic E-state index is 0.00847. The van der Waals surface area contributed by atoms with E-state index in [1.807, 2.05) is 32.0 Å². The highest BCUT2D eigenvalue weighted by Crippen LogP contribution is 2.25. The summed E-state index contributed by atoms with van der Waals surface area (Å²) in [5, 5.41) is 18.4. The van der Waals surface area contributed by atoms with E-state index in [1.165, 1.54) is 0 Å². The maximum atomic E-state index is 9.24. The predicted octanol–water partition coefficient (Wildman–Crippen LogP) is 1.45. The lowest BCUT2D eigenvalue weighted by molar-refractivity contribution is -0.0421. The van der Waals surface area contributed by atoms with Crippen molar-refractivity contribution in [2.24, 2.45) is 0 Å². The Morgan fingerprint density at radius 1 is 1.50 bits per heavy atom. The Bertz CT molecular complexity index is 467. The summed E-state index contributed by atoms with van der Waals surface area (Å²) in [6.07, 6.45) is -0.122. The number of morpholine rings is 1. The number of anilines is 1. The molecule has 1 fully saturated rings. The van der Waals surface area contributed by atoms with Crippen LogP contribution in [0.2, 0.25) is 0 Å². The van der Waals surface area contributed by atoms with Crippen LogP contribution in [-0.2, 0) is 4.74 Å². The van der Waals surface area contributed by atoms with Gasteiger partial charge in [0.25, 0.3) is 0 Å². The Balaban J connectivity index is 2.30. The van der Waals surface area contributed by atoms with E-state index in [1.54, 1.807) is 0 Å². The number of ether oxygens (including phenoxy) is 1. The zero-order valence-corrected chi connectivity index (χ0v) is 10.8. The van der Waals surface area contributed by atoms with E-state index in [2.05, 4.69) is 11.0 Å². The Kier molecular flexibility index (Phi) is 3.85. The molecule has 1 saturated heterocycles. The first-order valence-corrected chi connectivity index (χ1v) is 6.16. The molecule has 1 aliphatic rings. The molecule has 0 amide bonds. The van der Waals surface area contributed by atoms with Gasteiger partial charge in [0.05, 0.1) is 30.1 Å². The second kappa shape index (κ2) is 5.38. The van der Waals surface area contributed by atoms with Crippen LogP contribution in [0.1, 0.15) is 18.1 Å². The summed E-state index contributed by atoms with van der Waals surface area (Å²) >= 11 is 0. The number of benzene rings is 1. The molecule has 2 atom stereocenters. The molecule has 1 aromatic rings. The van der Waals surface area contributed by atoms with Crippen LogP contribution in [0.25, 0.3) is 0 Å². The number of hydrogen-bond donors (Lipinski definition) is 1. The van der Waals surface area contributed by atoms with Gasteiger partial charge in [-0.1, -0.05) is 6.07 Å².